The number of likely N-dealkylation sites (N-methyl/N-ethyl adjacent to an activating group) is 1. The second-order valence-electron chi connectivity index (χ2n) is 10.4. The molecule has 0 aliphatic rings. The molecule has 0 aliphatic carbocycles. The third kappa shape index (κ3) is 6.37. The van der Waals surface area contributed by atoms with Crippen LogP contribution in [0.25, 0.3) is 28.0 Å². The van der Waals surface area contributed by atoms with Gasteiger partial charge in [0.2, 0.25) is 0 Å². The largest absolute Gasteiger partial charge is 0.493 e. The van der Waals surface area contributed by atoms with Gasteiger partial charge in [-0.1, -0.05) is 24.3 Å². The Balaban J connectivity index is 1.22. The first kappa shape index (κ1) is 28.4. The summed E-state index contributed by atoms with van der Waals surface area (Å²) in [5, 5.41) is 13.2. The van der Waals surface area contributed by atoms with Gasteiger partial charge in [0.25, 0.3) is 5.91 Å². The Hall–Kier alpha value is -5.68. The maximum absolute atomic E-state index is 13.2. The Morgan fingerprint density at radius 3 is 2.59 bits per heavy atom. The highest BCUT2D eigenvalue weighted by Gasteiger charge is 2.14. The molecule has 0 radical (unpaired) electrons. The Labute approximate surface area is 254 Å². The van der Waals surface area contributed by atoms with Gasteiger partial charge >= 0.3 is 0 Å². The van der Waals surface area contributed by atoms with E-state index in [1.807, 2.05) is 97.8 Å². The van der Waals surface area contributed by atoms with Crippen molar-refractivity contribution >= 4 is 28.7 Å². The minimum atomic E-state index is -0.218. The number of hydrogen-bond donors (Lipinski definition) is 3. The number of ether oxygens (including phenoxy) is 2. The molecule has 11 heteroatoms. The zero-order chi connectivity index (χ0) is 30.5. The highest BCUT2D eigenvalue weighted by molar-refractivity contribution is 6.05. The number of H-pyrrole nitrogens is 1. The minimum Gasteiger partial charge on any atom is -0.493 e. The lowest BCUT2D eigenvalue weighted by Crippen LogP contribution is -2.19. The fourth-order valence-electron chi connectivity index (χ4n) is 4.67. The summed E-state index contributed by atoms with van der Waals surface area (Å²) >= 11 is 0. The molecule has 6 rings (SSSR count). The van der Waals surface area contributed by atoms with E-state index in [1.54, 1.807) is 25.6 Å². The first-order valence-electron chi connectivity index (χ1n) is 14.0. The molecule has 0 aliphatic heterocycles. The predicted octanol–water partition coefficient (Wildman–Crippen LogP) is 5.73. The quantitative estimate of drug-likeness (QED) is 0.175. The van der Waals surface area contributed by atoms with Crippen LogP contribution in [0.1, 0.15) is 10.4 Å². The van der Waals surface area contributed by atoms with Gasteiger partial charge in [-0.05, 0) is 56.1 Å². The van der Waals surface area contributed by atoms with Gasteiger partial charge in [-0.25, -0.2) is 9.97 Å². The zero-order valence-electron chi connectivity index (χ0n) is 24.6. The van der Waals surface area contributed by atoms with Gasteiger partial charge in [-0.2, -0.15) is 5.10 Å². The van der Waals surface area contributed by atoms with Crippen LogP contribution in [0.5, 0.6) is 11.5 Å². The van der Waals surface area contributed by atoms with Crippen LogP contribution in [0.4, 0.5) is 17.2 Å². The fourth-order valence-corrected chi connectivity index (χ4v) is 4.67. The van der Waals surface area contributed by atoms with Crippen LogP contribution in [-0.4, -0.2) is 69.7 Å². The summed E-state index contributed by atoms with van der Waals surface area (Å²) in [6.07, 6.45) is 9.05. The van der Waals surface area contributed by atoms with Crippen molar-refractivity contribution in [1.82, 2.24) is 29.5 Å². The van der Waals surface area contributed by atoms with Crippen LogP contribution in [0.15, 0.2) is 97.7 Å². The normalized spacial score (nSPS) is 11.1. The predicted molar refractivity (Wildman–Crippen MR) is 171 cm³/mol. The summed E-state index contributed by atoms with van der Waals surface area (Å²) in [7, 11) is 5.61. The summed E-state index contributed by atoms with van der Waals surface area (Å²) in [4.78, 5) is 24.6. The first-order valence-corrected chi connectivity index (χ1v) is 14.0. The number of methoxy groups -OCH3 is 1. The van der Waals surface area contributed by atoms with Gasteiger partial charge in [0.1, 0.15) is 6.61 Å². The number of carbonyl (C=O) groups excluding carboxylic acids is 1. The number of anilines is 3. The van der Waals surface area contributed by atoms with Crippen LogP contribution in [-0.2, 0) is 0 Å². The Morgan fingerprint density at radius 1 is 0.977 bits per heavy atom. The molecule has 0 spiro atoms. The van der Waals surface area contributed by atoms with E-state index >= 15 is 0 Å². The summed E-state index contributed by atoms with van der Waals surface area (Å²) < 4.78 is 13.4. The third-order valence-corrected chi connectivity index (χ3v) is 6.99. The molecule has 0 fully saturated rings. The van der Waals surface area contributed by atoms with Crippen molar-refractivity contribution in [2.45, 2.75) is 0 Å². The summed E-state index contributed by atoms with van der Waals surface area (Å²) in [6, 6.07) is 20.6. The second kappa shape index (κ2) is 12.7. The van der Waals surface area contributed by atoms with E-state index in [9.17, 15) is 4.79 Å². The number of aromatic nitrogens is 5. The Morgan fingerprint density at radius 2 is 1.82 bits per heavy atom. The average Bonchev–Trinajstić information content (AvgIpc) is 3.75. The van der Waals surface area contributed by atoms with E-state index in [-0.39, 0.29) is 5.91 Å². The van der Waals surface area contributed by atoms with Gasteiger partial charge in [-0.15, -0.1) is 0 Å². The number of benzene rings is 3. The molecule has 1 amide bonds. The lowest BCUT2D eigenvalue weighted by Gasteiger charge is -2.15. The van der Waals surface area contributed by atoms with Crippen LogP contribution >= 0.6 is 0 Å². The van der Waals surface area contributed by atoms with Crippen LogP contribution in [0, 0.1) is 0 Å². The van der Waals surface area contributed by atoms with E-state index in [0.717, 1.165) is 28.9 Å². The molecule has 11 nitrogen and oxygen atoms in total. The molecular weight excluding hydrogens is 556 g/mol. The monoisotopic (exact) mass is 588 g/mol. The highest BCUT2D eigenvalue weighted by atomic mass is 16.5. The Bertz CT molecular complexity index is 1880. The maximum atomic E-state index is 13.2. The molecule has 0 atom stereocenters. The van der Waals surface area contributed by atoms with Gasteiger partial charge in [-0.3, -0.25) is 9.89 Å². The molecule has 0 saturated heterocycles. The van der Waals surface area contributed by atoms with E-state index in [4.69, 9.17) is 14.5 Å². The van der Waals surface area contributed by atoms with Crippen molar-refractivity contribution < 1.29 is 14.3 Å². The second-order valence-corrected chi connectivity index (χ2v) is 10.4. The van der Waals surface area contributed by atoms with Crippen molar-refractivity contribution in [3.63, 3.8) is 0 Å². The van der Waals surface area contributed by atoms with Crippen LogP contribution in [0.3, 0.4) is 0 Å². The van der Waals surface area contributed by atoms with Crippen molar-refractivity contribution in [3.8, 4) is 33.9 Å². The fraction of sp³-hybridized carbons (Fsp3) is 0.152. The third-order valence-electron chi connectivity index (χ3n) is 6.99. The van der Waals surface area contributed by atoms with E-state index in [2.05, 4.69) is 30.7 Å². The minimum absolute atomic E-state index is 0.218. The average molecular weight is 589 g/mol. The molecule has 3 heterocycles. The lowest BCUT2D eigenvalue weighted by molar-refractivity contribution is 0.102. The molecule has 6 aromatic rings. The number of aromatic amines is 1. The van der Waals surface area contributed by atoms with Gasteiger partial charge in [0, 0.05) is 65.5 Å². The number of nitrogens with zero attached hydrogens (tertiary/aromatic N) is 5. The van der Waals surface area contributed by atoms with Crippen molar-refractivity contribution in [3.05, 3.63) is 103 Å². The summed E-state index contributed by atoms with van der Waals surface area (Å²) in [6.45, 7) is 1.34. The molecule has 3 aromatic carbocycles. The lowest BCUT2D eigenvalue weighted by atomic mass is 10.1. The molecule has 44 heavy (non-hydrogen) atoms. The molecule has 0 bridgehead atoms. The molecule has 222 valence electrons. The van der Waals surface area contributed by atoms with Crippen LogP contribution in [0.2, 0.25) is 0 Å². The topological polar surface area (TPSA) is 122 Å². The van der Waals surface area contributed by atoms with E-state index in [1.165, 1.54) is 0 Å². The van der Waals surface area contributed by atoms with Crippen molar-refractivity contribution in [2.75, 3.05) is 45.0 Å². The zero-order valence-corrected chi connectivity index (χ0v) is 24.6. The summed E-state index contributed by atoms with van der Waals surface area (Å²) in [5.41, 5.74) is 6.08. The number of nitrogens with one attached hydrogen (secondary N) is 3. The standard InChI is InChI=1S/C33H32N8O3/c1-40(2)15-16-44-29-12-11-27(18-30(29)43-3)37-31-32-34-13-14-41(32)21-28(39-31)23-5-4-6-24(17-23)33(42)38-26-9-7-22(8-10-26)25-19-35-36-20-25/h4-14,17-21H,15-16H2,1-3H3,(H,35,36)(H,37,39)(H,38,42). The number of amides is 1. The van der Waals surface area contributed by atoms with E-state index < -0.39 is 0 Å². The van der Waals surface area contributed by atoms with Gasteiger partial charge in [0.05, 0.1) is 19.0 Å². The molecular formula is C33H32N8O3. The number of fused-ring (bicyclic) bond motifs is 1. The van der Waals surface area contributed by atoms with Crippen molar-refractivity contribution in [2.24, 2.45) is 0 Å². The van der Waals surface area contributed by atoms with Crippen LogP contribution < -0.4 is 20.1 Å². The number of carbonyl (C=O) groups is 1. The van der Waals surface area contributed by atoms with E-state index in [0.29, 0.717) is 46.5 Å². The molecule has 3 aromatic heterocycles. The van der Waals surface area contributed by atoms with Gasteiger partial charge in [0.15, 0.2) is 23.0 Å². The molecule has 0 saturated carbocycles. The van der Waals surface area contributed by atoms with Gasteiger partial charge < -0.3 is 29.4 Å². The number of rotatable bonds is 11. The molecule has 3 N–H and O–H groups in total. The molecule has 0 unspecified atom stereocenters. The number of hydrogen-bond acceptors (Lipinski definition) is 8. The SMILES string of the molecule is COc1cc(Nc2nc(-c3cccc(C(=O)Nc4ccc(-c5cn[nH]c5)cc4)c3)cn3ccnc23)ccc1OCCN(C)C. The Kier molecular flexibility index (Phi) is 8.19. The van der Waals surface area contributed by atoms with Crippen molar-refractivity contribution in [1.29, 1.82) is 0 Å². The summed E-state index contributed by atoms with van der Waals surface area (Å²) in [5.74, 6) is 1.61. The number of imidazole rings is 1. The smallest absolute Gasteiger partial charge is 0.255 e. The maximum Gasteiger partial charge on any atom is 0.255 e. The first-order chi connectivity index (χ1) is 21.5. The highest BCUT2D eigenvalue weighted by Crippen LogP contribution is 2.32.